The molecule has 4 rings (SSSR count). The van der Waals surface area contributed by atoms with Crippen LogP contribution in [0, 0.1) is 18.3 Å². The number of methoxy groups -OCH3 is 1. The first-order valence-corrected chi connectivity index (χ1v) is 14.1. The van der Waals surface area contributed by atoms with Gasteiger partial charge in [0.25, 0.3) is 11.5 Å². The van der Waals surface area contributed by atoms with Gasteiger partial charge in [-0.1, -0.05) is 36.1 Å². The number of rotatable bonds is 6. The molecule has 0 spiro atoms. The van der Waals surface area contributed by atoms with Gasteiger partial charge in [0, 0.05) is 19.2 Å². The third-order valence-corrected chi connectivity index (χ3v) is 9.37. The Hall–Kier alpha value is -3.14. The lowest BCUT2D eigenvalue weighted by atomic mass is 10.0. The van der Waals surface area contributed by atoms with Crippen LogP contribution < -0.4 is 15.6 Å². The molecule has 36 heavy (non-hydrogen) atoms. The summed E-state index contributed by atoms with van der Waals surface area (Å²) in [5, 5.41) is 12.9. The molecular weight excluding hydrogens is 520 g/mol. The number of ether oxygens (including phenoxy) is 1. The lowest BCUT2D eigenvalue weighted by Crippen LogP contribution is -2.39. The van der Waals surface area contributed by atoms with Gasteiger partial charge in [0.1, 0.15) is 27.5 Å². The van der Waals surface area contributed by atoms with Crippen LogP contribution in [0.1, 0.15) is 28.7 Å². The number of thiocarbonyl (C=S) groups is 1. The smallest absolute Gasteiger partial charge is 0.270 e. The fourth-order valence-corrected chi connectivity index (χ4v) is 7.36. The molecule has 3 heterocycles. The fourth-order valence-electron chi connectivity index (χ4n) is 4.28. The van der Waals surface area contributed by atoms with Crippen molar-refractivity contribution in [2.75, 3.05) is 23.9 Å². The van der Waals surface area contributed by atoms with E-state index in [1.165, 1.54) is 9.47 Å². The van der Waals surface area contributed by atoms with Crippen molar-refractivity contribution >= 4 is 55.9 Å². The van der Waals surface area contributed by atoms with Crippen molar-refractivity contribution < 1.29 is 17.9 Å². The van der Waals surface area contributed by atoms with Gasteiger partial charge in [0.05, 0.1) is 29.6 Å². The molecule has 1 aromatic heterocycles. The Labute approximate surface area is 218 Å². The van der Waals surface area contributed by atoms with E-state index in [1.54, 1.807) is 27.2 Å². The number of carbonyl (C=O) groups is 1. The number of aromatic nitrogens is 1. The number of thioether (sulfide) groups is 1. The normalized spacial score (nSPS) is 20.1. The minimum Gasteiger partial charge on any atom is -0.497 e. The molecule has 2 aliphatic rings. The Balaban J connectivity index is 1.72. The number of nitrogens with zero attached hydrogens (tertiary/aromatic N) is 3. The highest BCUT2D eigenvalue weighted by atomic mass is 32.2. The molecule has 2 fully saturated rings. The molecule has 188 valence electrons. The zero-order valence-corrected chi connectivity index (χ0v) is 22.3. The standard InChI is InChI=1S/C24H24N4O5S3/c1-14-18(10-20-23(30)28(24(34)35-20)16-8-9-36(31,32)13-16)21(27(2)22(29)19(14)11-25)26-12-15-4-6-17(33-3)7-5-15/h4-7,10,16,26H,8-9,12-13H2,1-3H3/b20-10+. The maximum atomic E-state index is 13.3. The SMILES string of the molecule is COc1ccc(CNc2c(/C=C3/SC(=S)N(C4CCS(=O)(=O)C4)C3=O)c(C)c(C#N)c(=O)n2C)cc1. The number of sulfone groups is 1. The second kappa shape index (κ2) is 10.1. The summed E-state index contributed by atoms with van der Waals surface area (Å²) in [5.74, 6) is 0.705. The molecule has 2 aliphatic heterocycles. The summed E-state index contributed by atoms with van der Waals surface area (Å²) in [6, 6.07) is 8.92. The summed E-state index contributed by atoms with van der Waals surface area (Å²) in [7, 11) is -0.0545. The minimum atomic E-state index is -3.20. The first-order chi connectivity index (χ1) is 17.1. The second-order valence-corrected chi connectivity index (χ2v) is 12.5. The monoisotopic (exact) mass is 544 g/mol. The van der Waals surface area contributed by atoms with Gasteiger partial charge < -0.3 is 10.1 Å². The van der Waals surface area contributed by atoms with E-state index in [4.69, 9.17) is 17.0 Å². The summed E-state index contributed by atoms with van der Waals surface area (Å²) in [5.41, 5.74) is 1.42. The van der Waals surface area contributed by atoms with E-state index < -0.39 is 21.4 Å². The van der Waals surface area contributed by atoms with Crippen LogP contribution in [-0.2, 0) is 28.2 Å². The summed E-state index contributed by atoms with van der Waals surface area (Å²) in [6.07, 6.45) is 1.96. The Kier molecular flexibility index (Phi) is 7.26. The predicted molar refractivity (Wildman–Crippen MR) is 144 cm³/mol. The molecule has 0 radical (unpaired) electrons. The van der Waals surface area contributed by atoms with E-state index >= 15 is 0 Å². The lowest BCUT2D eigenvalue weighted by Gasteiger charge is -2.21. The van der Waals surface area contributed by atoms with E-state index in [0.29, 0.717) is 39.1 Å². The quantitative estimate of drug-likeness (QED) is 0.432. The van der Waals surface area contributed by atoms with Gasteiger partial charge in [-0.2, -0.15) is 5.26 Å². The van der Waals surface area contributed by atoms with Crippen LogP contribution in [0.25, 0.3) is 6.08 Å². The molecule has 12 heteroatoms. The molecule has 1 atom stereocenters. The zero-order chi connectivity index (χ0) is 26.2. The van der Waals surface area contributed by atoms with Crippen molar-refractivity contribution in [3.63, 3.8) is 0 Å². The van der Waals surface area contributed by atoms with Crippen LogP contribution in [0.5, 0.6) is 5.75 Å². The van der Waals surface area contributed by atoms with Gasteiger partial charge in [-0.05, 0) is 42.7 Å². The van der Waals surface area contributed by atoms with Gasteiger partial charge in [0.15, 0.2) is 9.84 Å². The number of carbonyl (C=O) groups excluding carboxylic acids is 1. The molecule has 1 N–H and O–H groups in total. The van der Waals surface area contributed by atoms with Crippen LogP contribution in [0.4, 0.5) is 5.82 Å². The molecule has 0 bridgehead atoms. The molecule has 1 amide bonds. The number of hydrogen-bond donors (Lipinski definition) is 1. The molecule has 9 nitrogen and oxygen atoms in total. The van der Waals surface area contributed by atoms with Crippen LogP contribution >= 0.6 is 24.0 Å². The van der Waals surface area contributed by atoms with Crippen LogP contribution in [-0.4, -0.2) is 52.8 Å². The number of nitriles is 1. The van der Waals surface area contributed by atoms with Crippen LogP contribution in [0.15, 0.2) is 34.0 Å². The molecule has 1 aromatic carbocycles. The van der Waals surface area contributed by atoms with E-state index in [0.717, 1.165) is 23.1 Å². The largest absolute Gasteiger partial charge is 0.497 e. The Morgan fingerprint density at radius 3 is 2.58 bits per heavy atom. The van der Waals surface area contributed by atoms with Crippen molar-refractivity contribution in [2.24, 2.45) is 7.05 Å². The fraction of sp³-hybridized carbons (Fsp3) is 0.333. The molecule has 2 aromatic rings. The van der Waals surface area contributed by atoms with Gasteiger partial charge >= 0.3 is 0 Å². The molecule has 2 saturated heterocycles. The van der Waals surface area contributed by atoms with Gasteiger partial charge in [-0.3, -0.25) is 19.1 Å². The van der Waals surface area contributed by atoms with Crippen LogP contribution in [0.2, 0.25) is 0 Å². The van der Waals surface area contributed by atoms with Gasteiger partial charge in [-0.15, -0.1) is 0 Å². The van der Waals surface area contributed by atoms with Gasteiger partial charge in [-0.25, -0.2) is 8.42 Å². The highest BCUT2D eigenvalue weighted by Gasteiger charge is 2.42. The number of amides is 1. The Morgan fingerprint density at radius 2 is 2.00 bits per heavy atom. The van der Waals surface area contributed by atoms with Crippen molar-refractivity contribution in [2.45, 2.75) is 25.9 Å². The summed E-state index contributed by atoms with van der Waals surface area (Å²) in [4.78, 5) is 27.8. The maximum absolute atomic E-state index is 13.3. The first kappa shape index (κ1) is 25.9. The van der Waals surface area contributed by atoms with Crippen LogP contribution in [0.3, 0.4) is 0 Å². The number of pyridine rings is 1. The molecule has 0 saturated carbocycles. The Bertz CT molecular complexity index is 1490. The van der Waals surface area contributed by atoms with Crippen molar-refractivity contribution in [3.05, 3.63) is 61.8 Å². The molecular formula is C24H24N4O5S3. The number of anilines is 1. The van der Waals surface area contributed by atoms with Crippen molar-refractivity contribution in [1.82, 2.24) is 9.47 Å². The highest BCUT2D eigenvalue weighted by molar-refractivity contribution is 8.26. The number of hydrogen-bond acceptors (Lipinski definition) is 9. The summed E-state index contributed by atoms with van der Waals surface area (Å²) < 4.78 is 30.8. The number of nitrogens with one attached hydrogen (secondary N) is 1. The minimum absolute atomic E-state index is 0.0175. The van der Waals surface area contributed by atoms with Gasteiger partial charge in [0.2, 0.25) is 0 Å². The third kappa shape index (κ3) is 4.91. The average Bonchev–Trinajstić information content (AvgIpc) is 3.34. The third-order valence-electron chi connectivity index (χ3n) is 6.29. The van der Waals surface area contributed by atoms with Crippen molar-refractivity contribution in [3.8, 4) is 11.8 Å². The Morgan fingerprint density at radius 1 is 1.31 bits per heavy atom. The summed E-state index contributed by atoms with van der Waals surface area (Å²) >= 11 is 6.50. The average molecular weight is 545 g/mol. The van der Waals surface area contributed by atoms with E-state index in [1.807, 2.05) is 30.3 Å². The van der Waals surface area contributed by atoms with Crippen molar-refractivity contribution in [1.29, 1.82) is 5.26 Å². The molecule has 1 unspecified atom stereocenters. The topological polar surface area (TPSA) is 122 Å². The van der Waals surface area contributed by atoms with E-state index in [-0.39, 0.29) is 23.0 Å². The maximum Gasteiger partial charge on any atom is 0.270 e. The summed E-state index contributed by atoms with van der Waals surface area (Å²) in [6.45, 7) is 2.04. The van der Waals surface area contributed by atoms with E-state index in [2.05, 4.69) is 5.32 Å². The predicted octanol–water partition coefficient (Wildman–Crippen LogP) is 2.57. The highest BCUT2D eigenvalue weighted by Crippen LogP contribution is 2.37. The zero-order valence-electron chi connectivity index (χ0n) is 19.9. The lowest BCUT2D eigenvalue weighted by molar-refractivity contribution is -0.123. The second-order valence-electron chi connectivity index (χ2n) is 8.55. The number of benzene rings is 1. The first-order valence-electron chi connectivity index (χ1n) is 11.0. The molecule has 0 aliphatic carbocycles. The van der Waals surface area contributed by atoms with E-state index in [9.17, 15) is 23.3 Å².